The van der Waals surface area contributed by atoms with Crippen LogP contribution in [0.15, 0.2) is 71.7 Å². The quantitative estimate of drug-likeness (QED) is 0.570. The average molecular weight is 400 g/mol. The van der Waals surface area contributed by atoms with E-state index in [1.54, 1.807) is 18.2 Å². The lowest BCUT2D eigenvalue weighted by molar-refractivity contribution is -0.117. The number of amides is 1. The summed E-state index contributed by atoms with van der Waals surface area (Å²) in [5.41, 5.74) is 3.55. The summed E-state index contributed by atoms with van der Waals surface area (Å²) in [7, 11) is 1.59. The number of hydrogen-bond donors (Lipinski definition) is 1. The fourth-order valence-electron chi connectivity index (χ4n) is 4.03. The summed E-state index contributed by atoms with van der Waals surface area (Å²) in [6.07, 6.45) is 2.08. The van der Waals surface area contributed by atoms with Crippen molar-refractivity contribution in [1.29, 1.82) is 0 Å². The molecule has 4 aromatic rings. The molecule has 5 rings (SSSR count). The molecule has 1 aliphatic heterocycles. The molecule has 0 spiro atoms. The Bertz CT molecular complexity index is 1290. The largest absolute Gasteiger partial charge is 0.495 e. The van der Waals surface area contributed by atoms with Crippen molar-refractivity contribution in [3.8, 4) is 16.9 Å². The van der Waals surface area contributed by atoms with Crippen molar-refractivity contribution in [2.45, 2.75) is 12.3 Å². The predicted octanol–water partition coefficient (Wildman–Crippen LogP) is 3.22. The number of nitrogens with one attached hydrogen (secondary N) is 1. The van der Waals surface area contributed by atoms with Crippen LogP contribution in [-0.4, -0.2) is 34.2 Å². The Morgan fingerprint density at radius 3 is 2.63 bits per heavy atom. The SMILES string of the molecule is COc1ccccc1N1C[C@H](c2cc(=O)n3[nH]cc(-c4ccccc4)c3n2)CC1=O. The number of aromatic nitrogens is 3. The van der Waals surface area contributed by atoms with Crippen molar-refractivity contribution in [3.63, 3.8) is 0 Å². The van der Waals surface area contributed by atoms with E-state index in [1.165, 1.54) is 10.6 Å². The summed E-state index contributed by atoms with van der Waals surface area (Å²) in [5.74, 6) is 0.467. The first kappa shape index (κ1) is 18.2. The van der Waals surface area contributed by atoms with Gasteiger partial charge in [0.2, 0.25) is 5.91 Å². The van der Waals surface area contributed by atoms with E-state index in [1.807, 2.05) is 54.6 Å². The van der Waals surface area contributed by atoms with Crippen molar-refractivity contribution < 1.29 is 9.53 Å². The fourth-order valence-corrected chi connectivity index (χ4v) is 4.03. The number of nitrogens with zero attached hydrogens (tertiary/aromatic N) is 3. The second kappa shape index (κ2) is 7.18. The monoisotopic (exact) mass is 400 g/mol. The highest BCUT2D eigenvalue weighted by atomic mass is 16.5. The second-order valence-electron chi connectivity index (χ2n) is 7.31. The Labute approximate surface area is 172 Å². The highest BCUT2D eigenvalue weighted by Crippen LogP contribution is 2.36. The van der Waals surface area contributed by atoms with Crippen LogP contribution in [-0.2, 0) is 4.79 Å². The topological polar surface area (TPSA) is 79.7 Å². The maximum atomic E-state index is 12.8. The van der Waals surface area contributed by atoms with E-state index >= 15 is 0 Å². The standard InChI is InChI=1S/C23H20N4O3/c1-30-20-10-6-5-9-19(20)26-14-16(11-21(26)28)18-12-22(29)27-23(25-18)17(13-24-27)15-7-3-2-4-8-15/h2-10,12-13,16,24H,11,14H2,1H3/t16-/m1/s1. The van der Waals surface area contributed by atoms with Crippen LogP contribution in [0.25, 0.3) is 16.8 Å². The van der Waals surface area contributed by atoms with Crippen molar-refractivity contribution >= 4 is 17.2 Å². The van der Waals surface area contributed by atoms with Crippen LogP contribution in [0.2, 0.25) is 0 Å². The van der Waals surface area contributed by atoms with Crippen molar-refractivity contribution in [2.24, 2.45) is 0 Å². The number of para-hydroxylation sites is 2. The van der Waals surface area contributed by atoms with Gasteiger partial charge in [-0.25, -0.2) is 9.50 Å². The van der Waals surface area contributed by atoms with Crippen molar-refractivity contribution in [1.82, 2.24) is 14.6 Å². The molecule has 1 aliphatic rings. The van der Waals surface area contributed by atoms with Crippen LogP contribution >= 0.6 is 0 Å². The minimum Gasteiger partial charge on any atom is -0.495 e. The van der Waals surface area contributed by atoms with Gasteiger partial charge in [0.1, 0.15) is 5.75 Å². The van der Waals surface area contributed by atoms with E-state index in [2.05, 4.69) is 5.10 Å². The van der Waals surface area contributed by atoms with Gasteiger partial charge in [-0.05, 0) is 17.7 Å². The lowest BCUT2D eigenvalue weighted by Crippen LogP contribution is -2.25. The van der Waals surface area contributed by atoms with Crippen molar-refractivity contribution in [2.75, 3.05) is 18.6 Å². The number of benzene rings is 2. The molecular formula is C23H20N4O3. The molecule has 0 saturated carbocycles. The lowest BCUT2D eigenvalue weighted by atomic mass is 10.0. The Morgan fingerprint density at radius 2 is 1.83 bits per heavy atom. The van der Waals surface area contributed by atoms with Crippen LogP contribution in [0, 0.1) is 0 Å². The van der Waals surface area contributed by atoms with Gasteiger partial charge in [-0.15, -0.1) is 0 Å². The number of fused-ring (bicyclic) bond motifs is 1. The van der Waals surface area contributed by atoms with Gasteiger partial charge in [0.15, 0.2) is 5.65 Å². The zero-order valence-electron chi connectivity index (χ0n) is 16.4. The Kier molecular flexibility index (Phi) is 4.35. The number of carbonyl (C=O) groups is 1. The number of methoxy groups -OCH3 is 1. The Morgan fingerprint density at radius 1 is 1.07 bits per heavy atom. The number of H-pyrrole nitrogens is 1. The van der Waals surface area contributed by atoms with Crippen LogP contribution in [0.1, 0.15) is 18.0 Å². The Balaban J connectivity index is 1.54. The summed E-state index contributed by atoms with van der Waals surface area (Å²) in [6, 6.07) is 18.7. The fraction of sp³-hybridized carbons (Fsp3) is 0.174. The molecule has 3 heterocycles. The lowest BCUT2D eigenvalue weighted by Gasteiger charge is -2.19. The Hall–Kier alpha value is -3.87. The number of ether oxygens (including phenoxy) is 1. The van der Waals surface area contributed by atoms with Crippen LogP contribution in [0.3, 0.4) is 0 Å². The predicted molar refractivity (Wildman–Crippen MR) is 114 cm³/mol. The first-order valence-corrected chi connectivity index (χ1v) is 9.75. The molecule has 0 radical (unpaired) electrons. The van der Waals surface area contributed by atoms with E-state index in [9.17, 15) is 9.59 Å². The van der Waals surface area contributed by atoms with E-state index in [0.29, 0.717) is 30.1 Å². The summed E-state index contributed by atoms with van der Waals surface area (Å²) < 4.78 is 6.84. The second-order valence-corrected chi connectivity index (χ2v) is 7.31. The molecule has 150 valence electrons. The number of carbonyl (C=O) groups excluding carboxylic acids is 1. The highest BCUT2D eigenvalue weighted by Gasteiger charge is 2.34. The van der Waals surface area contributed by atoms with E-state index in [4.69, 9.17) is 9.72 Å². The van der Waals surface area contributed by atoms with Gasteiger partial charge in [-0.2, -0.15) is 0 Å². The molecule has 30 heavy (non-hydrogen) atoms. The molecule has 7 nitrogen and oxygen atoms in total. The van der Waals surface area contributed by atoms with Gasteiger partial charge < -0.3 is 9.64 Å². The third-order valence-corrected chi connectivity index (χ3v) is 5.52. The minimum atomic E-state index is -0.194. The summed E-state index contributed by atoms with van der Waals surface area (Å²) >= 11 is 0. The average Bonchev–Trinajstić information content (AvgIpc) is 3.38. The molecule has 1 N–H and O–H groups in total. The summed E-state index contributed by atoms with van der Waals surface area (Å²) in [4.78, 5) is 32.0. The highest BCUT2D eigenvalue weighted by molar-refractivity contribution is 5.97. The number of anilines is 1. The maximum Gasteiger partial charge on any atom is 0.272 e. The molecule has 1 saturated heterocycles. The van der Waals surface area contributed by atoms with Gasteiger partial charge in [-0.3, -0.25) is 14.7 Å². The van der Waals surface area contributed by atoms with E-state index in [-0.39, 0.29) is 17.4 Å². The molecule has 7 heteroatoms. The molecular weight excluding hydrogens is 380 g/mol. The molecule has 1 atom stereocenters. The summed E-state index contributed by atoms with van der Waals surface area (Å²) in [5, 5.41) is 2.98. The number of rotatable bonds is 4. The third kappa shape index (κ3) is 2.95. The smallest absolute Gasteiger partial charge is 0.272 e. The first-order chi connectivity index (χ1) is 14.7. The van der Waals surface area contributed by atoms with Gasteiger partial charge in [0, 0.05) is 36.7 Å². The summed E-state index contributed by atoms with van der Waals surface area (Å²) in [6.45, 7) is 0.451. The van der Waals surface area contributed by atoms with Gasteiger partial charge >= 0.3 is 0 Å². The van der Waals surface area contributed by atoms with Gasteiger partial charge in [-0.1, -0.05) is 42.5 Å². The number of aromatic amines is 1. The van der Waals surface area contributed by atoms with Gasteiger partial charge in [0.05, 0.1) is 18.5 Å². The molecule has 1 amide bonds. The molecule has 1 fully saturated rings. The van der Waals surface area contributed by atoms with Crippen molar-refractivity contribution in [3.05, 3.63) is 82.9 Å². The van der Waals surface area contributed by atoms with E-state index < -0.39 is 0 Å². The zero-order valence-corrected chi connectivity index (χ0v) is 16.4. The molecule has 2 aromatic heterocycles. The molecule has 0 bridgehead atoms. The van der Waals surface area contributed by atoms with Crippen LogP contribution in [0.4, 0.5) is 5.69 Å². The number of hydrogen-bond acceptors (Lipinski definition) is 4. The first-order valence-electron chi connectivity index (χ1n) is 9.75. The van der Waals surface area contributed by atoms with E-state index in [0.717, 1.165) is 16.8 Å². The van der Waals surface area contributed by atoms with Gasteiger partial charge in [0.25, 0.3) is 5.56 Å². The molecule has 0 unspecified atom stereocenters. The molecule has 0 aliphatic carbocycles. The minimum absolute atomic E-state index is 0.0103. The molecule has 2 aromatic carbocycles. The normalized spacial score (nSPS) is 16.4. The van der Waals surface area contributed by atoms with Crippen LogP contribution < -0.4 is 15.2 Å². The maximum absolute atomic E-state index is 12.8. The third-order valence-electron chi connectivity index (χ3n) is 5.52. The van der Waals surface area contributed by atoms with Crippen LogP contribution in [0.5, 0.6) is 5.75 Å². The zero-order chi connectivity index (χ0) is 20.7.